The van der Waals surface area contributed by atoms with Gasteiger partial charge in [0.05, 0.1) is 30.1 Å². The quantitative estimate of drug-likeness (QED) is 0.634. The molecule has 0 aliphatic rings. The van der Waals surface area contributed by atoms with Crippen LogP contribution in [0.5, 0.6) is 0 Å². The molecule has 3 heterocycles. The number of nitrogens with two attached hydrogens (primary N) is 1. The van der Waals surface area contributed by atoms with Gasteiger partial charge in [-0.15, -0.1) is 0 Å². The Labute approximate surface area is 109 Å². The highest BCUT2D eigenvalue weighted by Crippen LogP contribution is 2.12. The van der Waals surface area contributed by atoms with Crippen LogP contribution in [0.1, 0.15) is 22.6 Å². The molecule has 0 atom stereocenters. The lowest BCUT2D eigenvalue weighted by Crippen LogP contribution is -1.98. The molecule has 0 saturated carbocycles. The van der Waals surface area contributed by atoms with Crippen LogP contribution in [0.4, 0.5) is 5.95 Å². The van der Waals surface area contributed by atoms with Gasteiger partial charge in [-0.25, -0.2) is 4.98 Å². The molecule has 0 amide bonds. The van der Waals surface area contributed by atoms with Crippen LogP contribution in [0.15, 0.2) is 29.2 Å². The van der Waals surface area contributed by atoms with Crippen LogP contribution >= 0.6 is 0 Å². The molecule has 0 radical (unpaired) electrons. The van der Waals surface area contributed by atoms with Crippen LogP contribution in [-0.2, 0) is 19.3 Å². The second-order valence-electron chi connectivity index (χ2n) is 4.32. The van der Waals surface area contributed by atoms with Crippen molar-refractivity contribution >= 4 is 5.95 Å². The maximum Gasteiger partial charge on any atom is 0.197 e. The van der Waals surface area contributed by atoms with Crippen molar-refractivity contribution < 1.29 is 4.42 Å². The zero-order chi connectivity index (χ0) is 13.1. The van der Waals surface area contributed by atoms with E-state index in [-0.39, 0.29) is 0 Å². The average Bonchev–Trinajstić information content (AvgIpc) is 3.10. The second kappa shape index (κ2) is 4.97. The van der Waals surface area contributed by atoms with Gasteiger partial charge in [-0.05, 0) is 24.5 Å². The Morgan fingerprint density at radius 1 is 1.21 bits per heavy atom. The summed E-state index contributed by atoms with van der Waals surface area (Å²) in [5, 5.41) is 11.0. The van der Waals surface area contributed by atoms with Crippen molar-refractivity contribution in [3.8, 4) is 0 Å². The summed E-state index contributed by atoms with van der Waals surface area (Å²) < 4.78 is 5.05. The van der Waals surface area contributed by atoms with Gasteiger partial charge in [0.1, 0.15) is 0 Å². The SMILES string of the molecule is Nc1ncc(CCc2n[nH]nc2Cc2ccoc2)[nH]1. The van der Waals surface area contributed by atoms with Gasteiger partial charge in [-0.1, -0.05) is 0 Å². The number of nitrogen functional groups attached to an aromatic ring is 1. The molecule has 3 aromatic rings. The van der Waals surface area contributed by atoms with Crippen molar-refractivity contribution in [2.45, 2.75) is 19.3 Å². The van der Waals surface area contributed by atoms with E-state index in [1.807, 2.05) is 6.07 Å². The number of aromatic nitrogens is 5. The Bertz CT molecular complexity index is 639. The lowest BCUT2D eigenvalue weighted by atomic mass is 10.1. The van der Waals surface area contributed by atoms with E-state index in [4.69, 9.17) is 10.2 Å². The van der Waals surface area contributed by atoms with E-state index < -0.39 is 0 Å². The molecule has 7 heteroatoms. The molecule has 0 saturated heterocycles. The van der Waals surface area contributed by atoms with E-state index in [0.29, 0.717) is 12.4 Å². The molecule has 3 aromatic heterocycles. The number of rotatable bonds is 5. The van der Waals surface area contributed by atoms with Crippen LogP contribution in [0.3, 0.4) is 0 Å². The summed E-state index contributed by atoms with van der Waals surface area (Å²) in [6.45, 7) is 0. The van der Waals surface area contributed by atoms with Crippen molar-refractivity contribution in [3.05, 3.63) is 47.4 Å². The number of anilines is 1. The monoisotopic (exact) mass is 258 g/mol. The standard InChI is InChI=1S/C12H14N6O/c13-12-14-6-9(15-12)1-2-10-11(17-18-16-10)5-8-3-4-19-7-8/h3-4,6-7H,1-2,5H2,(H3,13,14,15)(H,16,17,18). The first-order chi connectivity index (χ1) is 9.31. The van der Waals surface area contributed by atoms with Gasteiger partial charge in [0.25, 0.3) is 0 Å². The van der Waals surface area contributed by atoms with E-state index in [0.717, 1.165) is 35.5 Å². The molecule has 0 spiro atoms. The average molecular weight is 258 g/mol. The zero-order valence-corrected chi connectivity index (χ0v) is 10.3. The Morgan fingerprint density at radius 2 is 2.11 bits per heavy atom. The highest BCUT2D eigenvalue weighted by atomic mass is 16.3. The van der Waals surface area contributed by atoms with Crippen molar-refractivity contribution in [2.75, 3.05) is 5.73 Å². The number of hydrogen-bond acceptors (Lipinski definition) is 5. The highest BCUT2D eigenvalue weighted by Gasteiger charge is 2.10. The second-order valence-corrected chi connectivity index (χ2v) is 4.32. The Hall–Kier alpha value is -2.57. The van der Waals surface area contributed by atoms with Crippen molar-refractivity contribution in [3.63, 3.8) is 0 Å². The lowest BCUT2D eigenvalue weighted by molar-refractivity contribution is 0.564. The largest absolute Gasteiger partial charge is 0.472 e. The van der Waals surface area contributed by atoms with Crippen LogP contribution < -0.4 is 5.73 Å². The number of H-pyrrole nitrogens is 2. The maximum absolute atomic E-state index is 5.54. The number of aromatic amines is 2. The van der Waals surface area contributed by atoms with Crippen molar-refractivity contribution in [2.24, 2.45) is 0 Å². The third kappa shape index (κ3) is 2.65. The van der Waals surface area contributed by atoms with E-state index in [1.165, 1.54) is 0 Å². The van der Waals surface area contributed by atoms with Gasteiger partial charge < -0.3 is 15.1 Å². The van der Waals surface area contributed by atoms with Gasteiger partial charge in [-0.2, -0.15) is 15.4 Å². The molecule has 0 aliphatic heterocycles. The Balaban J connectivity index is 1.66. The number of aryl methyl sites for hydroxylation is 2. The smallest absolute Gasteiger partial charge is 0.197 e. The highest BCUT2D eigenvalue weighted by molar-refractivity contribution is 5.22. The van der Waals surface area contributed by atoms with Gasteiger partial charge in [0.2, 0.25) is 0 Å². The minimum atomic E-state index is 0.439. The summed E-state index contributed by atoms with van der Waals surface area (Å²) in [7, 11) is 0. The minimum absolute atomic E-state index is 0.439. The number of furan rings is 1. The predicted octanol–water partition coefficient (Wildman–Crippen LogP) is 1.08. The normalized spacial score (nSPS) is 10.9. The first kappa shape index (κ1) is 11.5. The zero-order valence-electron chi connectivity index (χ0n) is 10.3. The molecule has 0 aliphatic carbocycles. The molecule has 4 N–H and O–H groups in total. The van der Waals surface area contributed by atoms with E-state index in [2.05, 4.69) is 25.4 Å². The molecular formula is C12H14N6O. The van der Waals surface area contributed by atoms with E-state index >= 15 is 0 Å². The molecule has 0 unspecified atom stereocenters. The molecule has 19 heavy (non-hydrogen) atoms. The summed E-state index contributed by atoms with van der Waals surface area (Å²) in [6, 6.07) is 1.92. The van der Waals surface area contributed by atoms with Crippen LogP contribution in [0, 0.1) is 0 Å². The number of hydrogen-bond donors (Lipinski definition) is 3. The minimum Gasteiger partial charge on any atom is -0.472 e. The molecule has 7 nitrogen and oxygen atoms in total. The summed E-state index contributed by atoms with van der Waals surface area (Å²) in [5.41, 5.74) is 9.51. The van der Waals surface area contributed by atoms with Crippen LogP contribution in [0.2, 0.25) is 0 Å². The summed E-state index contributed by atoms with van der Waals surface area (Å²) >= 11 is 0. The van der Waals surface area contributed by atoms with E-state index in [1.54, 1.807) is 18.7 Å². The first-order valence-electron chi connectivity index (χ1n) is 6.00. The van der Waals surface area contributed by atoms with Gasteiger partial charge in [-0.3, -0.25) is 0 Å². The van der Waals surface area contributed by atoms with Crippen molar-refractivity contribution in [1.82, 2.24) is 25.4 Å². The maximum atomic E-state index is 5.54. The molecule has 0 fully saturated rings. The molecule has 0 bridgehead atoms. The summed E-state index contributed by atoms with van der Waals surface area (Å²) in [6.07, 6.45) is 7.41. The third-order valence-corrected chi connectivity index (χ3v) is 2.93. The first-order valence-corrected chi connectivity index (χ1v) is 6.00. The lowest BCUT2D eigenvalue weighted by Gasteiger charge is -1.98. The number of nitrogens with one attached hydrogen (secondary N) is 2. The van der Waals surface area contributed by atoms with Gasteiger partial charge in [0.15, 0.2) is 5.95 Å². The van der Waals surface area contributed by atoms with Gasteiger partial charge in [0, 0.05) is 12.1 Å². The predicted molar refractivity (Wildman–Crippen MR) is 68.3 cm³/mol. The van der Waals surface area contributed by atoms with Crippen LogP contribution in [-0.4, -0.2) is 25.4 Å². The molecular weight excluding hydrogens is 244 g/mol. The van der Waals surface area contributed by atoms with Gasteiger partial charge >= 0.3 is 0 Å². The molecule has 0 aromatic carbocycles. The number of imidazole rings is 1. The fourth-order valence-electron chi connectivity index (χ4n) is 1.96. The molecule has 98 valence electrons. The molecule has 3 rings (SSSR count). The van der Waals surface area contributed by atoms with E-state index in [9.17, 15) is 0 Å². The topological polar surface area (TPSA) is 109 Å². The fourth-order valence-corrected chi connectivity index (χ4v) is 1.96. The summed E-state index contributed by atoms with van der Waals surface area (Å²) in [5.74, 6) is 0.439. The summed E-state index contributed by atoms with van der Waals surface area (Å²) in [4.78, 5) is 6.96. The van der Waals surface area contributed by atoms with Crippen LogP contribution in [0.25, 0.3) is 0 Å². The fraction of sp³-hybridized carbons (Fsp3) is 0.250. The van der Waals surface area contributed by atoms with Crippen molar-refractivity contribution in [1.29, 1.82) is 0 Å². The Kier molecular flexibility index (Phi) is 3.01. The number of nitrogens with zero attached hydrogens (tertiary/aromatic N) is 3. The Morgan fingerprint density at radius 3 is 2.84 bits per heavy atom. The third-order valence-electron chi connectivity index (χ3n) is 2.93.